The number of hydrogen-bond acceptors (Lipinski definition) is 5. The fourth-order valence-electron chi connectivity index (χ4n) is 2.26. The van der Waals surface area contributed by atoms with Gasteiger partial charge < -0.3 is 15.7 Å². The summed E-state index contributed by atoms with van der Waals surface area (Å²) in [6.45, 7) is 1.16. The normalized spacial score (nSPS) is 22.7. The van der Waals surface area contributed by atoms with Crippen LogP contribution < -0.4 is 10.6 Å². The van der Waals surface area contributed by atoms with Crippen molar-refractivity contribution in [2.75, 3.05) is 18.8 Å². The summed E-state index contributed by atoms with van der Waals surface area (Å²) in [5.74, 6) is -0.579. The Morgan fingerprint density at radius 3 is 2.71 bits per heavy atom. The fourth-order valence-corrected chi connectivity index (χ4v) is 3.52. The van der Waals surface area contributed by atoms with E-state index in [1.807, 2.05) is 0 Å². The standard InChI is InChI=1S/C14H20N2O4S/c17-13-10-15-8-6-12(13)16-14(18)7-9-21(19,20)11-4-2-1-3-5-11/h1-5,12-13,15,17H,6-10H2,(H,16,18). The van der Waals surface area contributed by atoms with Crippen molar-refractivity contribution in [3.8, 4) is 0 Å². The molecule has 0 bridgehead atoms. The van der Waals surface area contributed by atoms with Crippen LogP contribution in [0.4, 0.5) is 0 Å². The maximum atomic E-state index is 12.1. The first-order chi connectivity index (χ1) is 9.99. The maximum absolute atomic E-state index is 12.1. The third-order valence-corrected chi connectivity index (χ3v) is 5.23. The Balaban J connectivity index is 1.86. The number of sulfone groups is 1. The molecular weight excluding hydrogens is 292 g/mol. The Morgan fingerprint density at radius 2 is 2.05 bits per heavy atom. The highest BCUT2D eigenvalue weighted by molar-refractivity contribution is 7.91. The van der Waals surface area contributed by atoms with E-state index in [-0.39, 0.29) is 29.0 Å². The van der Waals surface area contributed by atoms with E-state index in [0.717, 1.165) is 6.54 Å². The first kappa shape index (κ1) is 15.9. The second kappa shape index (κ2) is 7.02. The molecular formula is C14H20N2O4S. The van der Waals surface area contributed by atoms with Gasteiger partial charge in [-0.3, -0.25) is 4.79 Å². The summed E-state index contributed by atoms with van der Waals surface area (Å²) in [6.07, 6.45) is -0.0971. The minimum Gasteiger partial charge on any atom is -0.390 e. The minimum absolute atomic E-state index is 0.103. The lowest BCUT2D eigenvalue weighted by Gasteiger charge is -2.29. The SMILES string of the molecule is O=C(CCS(=O)(=O)c1ccccc1)NC1CCNCC1O. The van der Waals surface area contributed by atoms with Gasteiger partial charge in [0.2, 0.25) is 5.91 Å². The average molecular weight is 312 g/mol. The zero-order valence-electron chi connectivity index (χ0n) is 11.7. The molecule has 21 heavy (non-hydrogen) atoms. The van der Waals surface area contributed by atoms with Gasteiger partial charge in [0.1, 0.15) is 0 Å². The number of nitrogens with one attached hydrogen (secondary N) is 2. The summed E-state index contributed by atoms with van der Waals surface area (Å²) in [4.78, 5) is 12.0. The van der Waals surface area contributed by atoms with Crippen LogP contribution in [-0.2, 0) is 14.6 Å². The number of carbonyl (C=O) groups excluding carboxylic acids is 1. The van der Waals surface area contributed by atoms with E-state index >= 15 is 0 Å². The van der Waals surface area contributed by atoms with Crippen LogP contribution in [0.2, 0.25) is 0 Å². The van der Waals surface area contributed by atoms with Crippen molar-refractivity contribution in [2.24, 2.45) is 0 Å². The molecule has 1 aromatic rings. The highest BCUT2D eigenvalue weighted by Crippen LogP contribution is 2.11. The van der Waals surface area contributed by atoms with E-state index in [1.165, 1.54) is 12.1 Å². The van der Waals surface area contributed by atoms with Crippen LogP contribution in [0.5, 0.6) is 0 Å². The van der Waals surface area contributed by atoms with E-state index in [0.29, 0.717) is 13.0 Å². The number of benzene rings is 1. The van der Waals surface area contributed by atoms with E-state index in [1.54, 1.807) is 18.2 Å². The molecule has 6 nitrogen and oxygen atoms in total. The highest BCUT2D eigenvalue weighted by atomic mass is 32.2. The van der Waals surface area contributed by atoms with Gasteiger partial charge in [-0.1, -0.05) is 18.2 Å². The van der Waals surface area contributed by atoms with Crippen molar-refractivity contribution in [3.63, 3.8) is 0 Å². The summed E-state index contributed by atoms with van der Waals surface area (Å²) in [7, 11) is -3.45. The van der Waals surface area contributed by atoms with Crippen LogP contribution >= 0.6 is 0 Å². The molecule has 1 heterocycles. The Kier molecular flexibility index (Phi) is 5.33. The van der Waals surface area contributed by atoms with E-state index in [4.69, 9.17) is 0 Å². The topological polar surface area (TPSA) is 95.5 Å². The molecule has 1 fully saturated rings. The third-order valence-electron chi connectivity index (χ3n) is 3.50. The summed E-state index contributed by atoms with van der Waals surface area (Å²) in [5, 5.41) is 15.4. The van der Waals surface area contributed by atoms with Gasteiger partial charge in [-0.15, -0.1) is 0 Å². The number of aliphatic hydroxyl groups excluding tert-OH is 1. The summed E-state index contributed by atoms with van der Waals surface area (Å²) >= 11 is 0. The first-order valence-electron chi connectivity index (χ1n) is 6.95. The summed E-state index contributed by atoms with van der Waals surface area (Å²) in [6, 6.07) is 7.77. The largest absolute Gasteiger partial charge is 0.390 e. The number of hydrogen-bond donors (Lipinski definition) is 3. The minimum atomic E-state index is -3.45. The molecule has 116 valence electrons. The molecule has 1 amide bonds. The zero-order valence-corrected chi connectivity index (χ0v) is 12.5. The van der Waals surface area contributed by atoms with Gasteiger partial charge in [-0.2, -0.15) is 0 Å². The lowest BCUT2D eigenvalue weighted by atomic mass is 10.0. The lowest BCUT2D eigenvalue weighted by molar-refractivity contribution is -0.122. The van der Waals surface area contributed by atoms with Crippen LogP contribution in [0.1, 0.15) is 12.8 Å². The Labute approximate surface area is 124 Å². The molecule has 1 aliphatic rings. The second-order valence-corrected chi connectivity index (χ2v) is 7.23. The second-order valence-electron chi connectivity index (χ2n) is 5.12. The smallest absolute Gasteiger partial charge is 0.221 e. The average Bonchev–Trinajstić information content (AvgIpc) is 2.49. The highest BCUT2D eigenvalue weighted by Gasteiger charge is 2.25. The first-order valence-corrected chi connectivity index (χ1v) is 8.60. The molecule has 0 aromatic heterocycles. The van der Waals surface area contributed by atoms with Gasteiger partial charge in [-0.25, -0.2) is 8.42 Å². The number of β-amino-alcohol motifs (C(OH)–C–C–N with tert-alkyl or cyclic N) is 1. The molecule has 2 rings (SSSR count). The van der Waals surface area contributed by atoms with E-state index < -0.39 is 15.9 Å². The quantitative estimate of drug-likeness (QED) is 0.693. The van der Waals surface area contributed by atoms with Crippen molar-refractivity contribution in [1.82, 2.24) is 10.6 Å². The van der Waals surface area contributed by atoms with Crippen molar-refractivity contribution >= 4 is 15.7 Å². The van der Waals surface area contributed by atoms with Gasteiger partial charge in [0.05, 0.1) is 22.8 Å². The van der Waals surface area contributed by atoms with Gasteiger partial charge in [0.15, 0.2) is 9.84 Å². The van der Waals surface area contributed by atoms with Crippen LogP contribution in [0.15, 0.2) is 35.2 Å². The lowest BCUT2D eigenvalue weighted by Crippen LogP contribution is -2.52. The van der Waals surface area contributed by atoms with Crippen molar-refractivity contribution in [3.05, 3.63) is 30.3 Å². The van der Waals surface area contributed by atoms with Crippen molar-refractivity contribution in [1.29, 1.82) is 0 Å². The van der Waals surface area contributed by atoms with Crippen molar-refractivity contribution < 1.29 is 18.3 Å². The van der Waals surface area contributed by atoms with Crippen molar-refractivity contribution in [2.45, 2.75) is 29.9 Å². The number of aliphatic hydroxyl groups is 1. The molecule has 0 spiro atoms. The van der Waals surface area contributed by atoms with Gasteiger partial charge in [-0.05, 0) is 25.1 Å². The molecule has 0 radical (unpaired) electrons. The number of amides is 1. The molecule has 3 N–H and O–H groups in total. The van der Waals surface area contributed by atoms with Gasteiger partial charge in [0.25, 0.3) is 0 Å². The van der Waals surface area contributed by atoms with Crippen LogP contribution in [0.3, 0.4) is 0 Å². The molecule has 2 atom stereocenters. The predicted molar refractivity (Wildman–Crippen MR) is 78.5 cm³/mol. The molecule has 1 saturated heterocycles. The van der Waals surface area contributed by atoms with Crippen LogP contribution in [-0.4, -0.2) is 50.4 Å². The Bertz CT molecular complexity index is 574. The third kappa shape index (κ3) is 4.52. The number of piperidine rings is 1. The van der Waals surface area contributed by atoms with E-state index in [2.05, 4.69) is 10.6 Å². The number of rotatable bonds is 5. The molecule has 7 heteroatoms. The maximum Gasteiger partial charge on any atom is 0.221 e. The zero-order chi connectivity index (χ0) is 15.3. The van der Waals surface area contributed by atoms with Gasteiger partial charge in [0, 0.05) is 13.0 Å². The molecule has 2 unspecified atom stereocenters. The van der Waals surface area contributed by atoms with E-state index in [9.17, 15) is 18.3 Å². The molecule has 1 aromatic carbocycles. The molecule has 1 aliphatic heterocycles. The monoisotopic (exact) mass is 312 g/mol. The molecule has 0 aliphatic carbocycles. The Hall–Kier alpha value is -1.44. The Morgan fingerprint density at radius 1 is 1.33 bits per heavy atom. The van der Waals surface area contributed by atoms with Crippen LogP contribution in [0, 0.1) is 0 Å². The van der Waals surface area contributed by atoms with Crippen LogP contribution in [0.25, 0.3) is 0 Å². The predicted octanol–water partition coefficient (Wildman–Crippen LogP) is -0.311. The summed E-state index contributed by atoms with van der Waals surface area (Å²) in [5.41, 5.74) is 0. The summed E-state index contributed by atoms with van der Waals surface area (Å²) < 4.78 is 24.1. The molecule has 0 saturated carbocycles. The fraction of sp³-hybridized carbons (Fsp3) is 0.500. The number of carbonyl (C=O) groups is 1. The van der Waals surface area contributed by atoms with Gasteiger partial charge >= 0.3 is 0 Å².